The molecule has 31 heteroatoms. The van der Waals surface area contributed by atoms with Gasteiger partial charge in [0.05, 0.1) is 47.3 Å². The predicted octanol–water partition coefficient (Wildman–Crippen LogP) is 3.11. The van der Waals surface area contributed by atoms with Crippen molar-refractivity contribution in [3.63, 3.8) is 0 Å². The molecular formula is C28H29N5O20S6. The highest BCUT2D eigenvalue weighted by Gasteiger charge is 2.27. The average molecular weight is 948 g/mol. The minimum atomic E-state index is -5.25. The highest BCUT2D eigenvalue weighted by molar-refractivity contribution is 7.92. The van der Waals surface area contributed by atoms with Gasteiger partial charge in [0.1, 0.15) is 38.3 Å². The summed E-state index contributed by atoms with van der Waals surface area (Å²) in [5, 5.41) is 28.5. The van der Waals surface area contributed by atoms with Crippen LogP contribution < -0.4 is 10.1 Å². The van der Waals surface area contributed by atoms with Gasteiger partial charge in [-0.25, -0.2) is 25.2 Å². The Kier molecular flexibility index (Phi) is 13.8. The van der Waals surface area contributed by atoms with Crippen LogP contribution in [0.5, 0.6) is 11.5 Å². The minimum Gasteiger partial charge on any atom is -0.506 e. The summed E-state index contributed by atoms with van der Waals surface area (Å²) in [6, 6.07) is 8.28. The molecule has 0 saturated heterocycles. The van der Waals surface area contributed by atoms with Crippen LogP contribution in [0.25, 0.3) is 10.8 Å². The molecule has 0 radical (unpaired) electrons. The molecule has 322 valence electrons. The van der Waals surface area contributed by atoms with Crippen molar-refractivity contribution in [2.24, 2.45) is 20.5 Å². The Morgan fingerprint density at radius 2 is 1.07 bits per heavy atom. The molecule has 59 heavy (non-hydrogen) atoms. The zero-order valence-corrected chi connectivity index (χ0v) is 34.5. The lowest BCUT2D eigenvalue weighted by atomic mass is 10.0. The van der Waals surface area contributed by atoms with Gasteiger partial charge in [-0.15, -0.1) is 20.5 Å². The molecular weight excluding hydrogens is 919 g/mol. The average Bonchev–Trinajstić information content (AvgIpc) is 3.10. The number of hydrogen-bond donors (Lipinski definition) is 6. The molecule has 4 aromatic carbocycles. The maximum absolute atomic E-state index is 12.7. The first kappa shape index (κ1) is 46.9. The summed E-state index contributed by atoms with van der Waals surface area (Å²) in [5.41, 5.74) is -1.92. The number of rotatable bonds is 18. The molecule has 4 aromatic rings. The predicted molar refractivity (Wildman–Crippen MR) is 202 cm³/mol. The van der Waals surface area contributed by atoms with E-state index < -0.39 is 128 Å². The second-order valence-corrected chi connectivity index (χ2v) is 20.5. The smallest absolute Gasteiger partial charge is 0.397 e. The molecule has 0 unspecified atom stereocenters. The Bertz CT molecular complexity index is 3070. The van der Waals surface area contributed by atoms with E-state index in [0.717, 1.165) is 37.4 Å². The summed E-state index contributed by atoms with van der Waals surface area (Å²) in [7, 11) is -26.8. The van der Waals surface area contributed by atoms with Crippen molar-refractivity contribution in [2.75, 3.05) is 44.2 Å². The normalized spacial score (nSPS) is 13.4. The zero-order valence-electron chi connectivity index (χ0n) is 29.6. The second-order valence-electron chi connectivity index (χ2n) is 11.3. The van der Waals surface area contributed by atoms with Crippen LogP contribution in [0.3, 0.4) is 0 Å². The third kappa shape index (κ3) is 11.9. The van der Waals surface area contributed by atoms with Crippen molar-refractivity contribution in [1.82, 2.24) is 0 Å². The molecule has 0 aliphatic heterocycles. The van der Waals surface area contributed by atoms with Crippen LogP contribution in [0.4, 0.5) is 28.4 Å². The van der Waals surface area contributed by atoms with E-state index in [-0.39, 0.29) is 27.9 Å². The quantitative estimate of drug-likeness (QED) is 0.0616. The molecule has 6 N–H and O–H groups in total. The van der Waals surface area contributed by atoms with Crippen molar-refractivity contribution in [3.05, 3.63) is 54.6 Å². The number of phenolic OH excluding ortho intramolecular Hbond substituents is 1. The Morgan fingerprint density at radius 1 is 0.576 bits per heavy atom. The first-order valence-electron chi connectivity index (χ1n) is 15.4. The van der Waals surface area contributed by atoms with E-state index in [1.54, 1.807) is 0 Å². The van der Waals surface area contributed by atoms with Crippen LogP contribution in [-0.4, -0.2) is 113 Å². The summed E-state index contributed by atoms with van der Waals surface area (Å²) >= 11 is 0. The van der Waals surface area contributed by atoms with Crippen LogP contribution in [0, 0.1) is 0 Å². The van der Waals surface area contributed by atoms with E-state index in [4.69, 9.17) is 13.8 Å². The first-order valence-corrected chi connectivity index (χ1v) is 24.3. The lowest BCUT2D eigenvalue weighted by Crippen LogP contribution is -2.16. The Hall–Kier alpha value is -4.80. The number of aromatic hydroxyl groups is 1. The van der Waals surface area contributed by atoms with Crippen molar-refractivity contribution in [2.45, 2.75) is 19.6 Å². The molecule has 0 heterocycles. The molecule has 0 spiro atoms. The van der Waals surface area contributed by atoms with Gasteiger partial charge in [0.15, 0.2) is 25.4 Å². The van der Waals surface area contributed by atoms with Crippen molar-refractivity contribution in [3.8, 4) is 11.5 Å². The first-order chi connectivity index (χ1) is 27.1. The summed E-state index contributed by atoms with van der Waals surface area (Å²) in [6.45, 7) is -2.02. The van der Waals surface area contributed by atoms with Crippen LogP contribution in [0.15, 0.2) is 94.6 Å². The van der Waals surface area contributed by atoms with E-state index in [2.05, 4.69) is 34.1 Å². The maximum Gasteiger partial charge on any atom is 0.397 e. The largest absolute Gasteiger partial charge is 0.506 e. The van der Waals surface area contributed by atoms with E-state index in [9.17, 15) is 64.7 Å². The standard InChI is InChI=1S/C28H29N5O20S6/c1-29-22-8-5-18-19(26(22)32-31-21-7-4-17(14-24(21)56(39,40)41)55(37,38)12-10-53-59(48,49)50)15-25(57(42,43)44)27(28(18)51-2)33-30-20-6-3-16(13-23(20)34)54(35,36)11-9-52-58(45,46)47/h3-8,13-15,29,34H,9-12H2,1-2H3,(H,39,40,41)(H,42,43,44)(H,45,46,47)(H,48,49,50)/b32-31+,33-30+. The van der Waals surface area contributed by atoms with Crippen LogP contribution >= 0.6 is 0 Å². The molecule has 4 rings (SSSR count). The summed E-state index contributed by atoms with van der Waals surface area (Å²) < 4.78 is 195. The van der Waals surface area contributed by atoms with Gasteiger partial charge in [-0.2, -0.15) is 33.7 Å². The highest BCUT2D eigenvalue weighted by Crippen LogP contribution is 2.47. The van der Waals surface area contributed by atoms with Gasteiger partial charge in [0.2, 0.25) is 0 Å². The van der Waals surface area contributed by atoms with E-state index in [1.165, 1.54) is 19.2 Å². The zero-order chi connectivity index (χ0) is 44.4. The number of methoxy groups -OCH3 is 1. The molecule has 0 amide bonds. The van der Waals surface area contributed by atoms with E-state index in [1.807, 2.05) is 0 Å². The van der Waals surface area contributed by atoms with Gasteiger partial charge >= 0.3 is 20.8 Å². The van der Waals surface area contributed by atoms with Gasteiger partial charge in [-0.3, -0.25) is 18.2 Å². The van der Waals surface area contributed by atoms with Gasteiger partial charge in [0.25, 0.3) is 20.2 Å². The molecule has 0 aromatic heterocycles. The summed E-state index contributed by atoms with van der Waals surface area (Å²) in [4.78, 5) is -3.35. The number of benzene rings is 4. The van der Waals surface area contributed by atoms with E-state index >= 15 is 0 Å². The third-order valence-electron chi connectivity index (χ3n) is 7.50. The molecule has 0 bridgehead atoms. The van der Waals surface area contributed by atoms with Crippen LogP contribution in [0.1, 0.15) is 0 Å². The number of ether oxygens (including phenoxy) is 1. The number of sulfone groups is 2. The van der Waals surface area contributed by atoms with Gasteiger partial charge in [-0.05, 0) is 48.5 Å². The Balaban J connectivity index is 1.84. The summed E-state index contributed by atoms with van der Waals surface area (Å²) in [5.74, 6) is -3.20. The molecule has 0 fully saturated rings. The van der Waals surface area contributed by atoms with Crippen molar-refractivity contribution in [1.29, 1.82) is 0 Å². The number of nitrogens with zero attached hydrogens (tertiary/aromatic N) is 4. The number of azo groups is 2. The minimum absolute atomic E-state index is 0.00290. The van der Waals surface area contributed by atoms with Gasteiger partial charge < -0.3 is 15.2 Å². The van der Waals surface area contributed by atoms with Gasteiger partial charge in [0, 0.05) is 23.9 Å². The van der Waals surface area contributed by atoms with Crippen LogP contribution in [-0.2, 0) is 69.1 Å². The SMILES string of the molecule is CNc1ccc2c(OC)c(/N=N/c3ccc(S(=O)(=O)CCOS(=O)(=O)O)cc3O)c(S(=O)(=O)O)cc2c1/N=N/c1ccc(S(=O)(=O)CCOS(=O)(=O)O)cc1S(=O)(=O)O. The Labute approximate surface area is 335 Å². The molecule has 0 aliphatic carbocycles. The molecule has 25 nitrogen and oxygen atoms in total. The van der Waals surface area contributed by atoms with Crippen LogP contribution in [0.2, 0.25) is 0 Å². The second kappa shape index (κ2) is 17.4. The highest BCUT2D eigenvalue weighted by atomic mass is 32.3. The molecule has 0 aliphatic rings. The number of nitrogens with one attached hydrogen (secondary N) is 1. The lowest BCUT2D eigenvalue weighted by Gasteiger charge is -2.15. The van der Waals surface area contributed by atoms with Gasteiger partial charge in [-0.1, -0.05) is 0 Å². The number of hydrogen-bond acceptors (Lipinski definition) is 21. The number of phenols is 1. The monoisotopic (exact) mass is 947 g/mol. The Morgan fingerprint density at radius 3 is 1.54 bits per heavy atom. The fourth-order valence-electron chi connectivity index (χ4n) is 4.90. The third-order valence-corrected chi connectivity index (χ3v) is 13.5. The van der Waals surface area contributed by atoms with Crippen molar-refractivity contribution < 1.29 is 86.9 Å². The number of anilines is 1. The van der Waals surface area contributed by atoms with E-state index in [0.29, 0.717) is 12.1 Å². The maximum atomic E-state index is 12.7. The fourth-order valence-corrected chi connectivity index (χ4v) is 9.28. The molecule has 0 saturated carbocycles. The molecule has 0 atom stereocenters. The lowest BCUT2D eigenvalue weighted by molar-refractivity contribution is 0.282. The summed E-state index contributed by atoms with van der Waals surface area (Å²) in [6.07, 6.45) is 0. The topological polar surface area (TPSA) is 395 Å². The fraction of sp³-hybridized carbons (Fsp3) is 0.214. The van der Waals surface area contributed by atoms with Crippen molar-refractivity contribution >= 4 is 99.9 Å². The number of fused-ring (bicyclic) bond motifs is 1.